The van der Waals surface area contributed by atoms with Crippen LogP contribution >= 0.6 is 11.8 Å². The minimum Gasteiger partial charge on any atom is -0.277 e. The summed E-state index contributed by atoms with van der Waals surface area (Å²) in [5, 5.41) is 5.53. The number of hydrazone groups is 1. The molecular weight excluding hydrogens is 288 g/mol. The number of anilines is 1. The van der Waals surface area contributed by atoms with E-state index in [9.17, 15) is 0 Å². The molecule has 0 amide bonds. The molecule has 0 unspecified atom stereocenters. The van der Waals surface area contributed by atoms with Crippen molar-refractivity contribution in [3.8, 4) is 0 Å². The highest BCUT2D eigenvalue weighted by Gasteiger charge is 2.06. The summed E-state index contributed by atoms with van der Waals surface area (Å²) in [4.78, 5) is 1.17. The fourth-order valence-electron chi connectivity index (χ4n) is 1.96. The summed E-state index contributed by atoms with van der Waals surface area (Å²) in [5.74, 6) is 0. The van der Waals surface area contributed by atoms with Crippen LogP contribution in [-0.4, -0.2) is 5.04 Å². The topological polar surface area (TPSA) is 24.4 Å². The second kappa shape index (κ2) is 7.48. The van der Waals surface area contributed by atoms with Crippen molar-refractivity contribution in [1.29, 1.82) is 0 Å². The molecule has 0 heterocycles. The zero-order chi connectivity index (χ0) is 15.0. The third kappa shape index (κ3) is 3.99. The first-order chi connectivity index (χ1) is 10.9. The van der Waals surface area contributed by atoms with Crippen molar-refractivity contribution in [3.05, 3.63) is 96.6 Å². The highest BCUT2D eigenvalue weighted by Crippen LogP contribution is 2.23. The van der Waals surface area contributed by atoms with Gasteiger partial charge < -0.3 is 0 Å². The van der Waals surface area contributed by atoms with Crippen LogP contribution in [0.3, 0.4) is 0 Å². The average Bonchev–Trinajstić information content (AvgIpc) is 2.61. The maximum atomic E-state index is 4.59. The van der Waals surface area contributed by atoms with Gasteiger partial charge in [0.05, 0.1) is 5.69 Å². The lowest BCUT2D eigenvalue weighted by molar-refractivity contribution is 1.34. The van der Waals surface area contributed by atoms with Crippen LogP contribution < -0.4 is 5.43 Å². The lowest BCUT2D eigenvalue weighted by Gasteiger charge is -2.08. The van der Waals surface area contributed by atoms with Gasteiger partial charge in [-0.1, -0.05) is 78.5 Å². The number of hydrogen-bond donors (Lipinski definition) is 1. The molecule has 0 aliphatic carbocycles. The van der Waals surface area contributed by atoms with Gasteiger partial charge >= 0.3 is 0 Å². The van der Waals surface area contributed by atoms with Gasteiger partial charge in [0.1, 0.15) is 5.04 Å². The highest BCUT2D eigenvalue weighted by atomic mass is 32.2. The van der Waals surface area contributed by atoms with Gasteiger partial charge in [-0.15, -0.1) is 0 Å². The first kappa shape index (κ1) is 14.4. The van der Waals surface area contributed by atoms with Gasteiger partial charge in [-0.2, -0.15) is 5.10 Å². The number of nitrogens with one attached hydrogen (secondary N) is 1. The molecule has 108 valence electrons. The number of benzene rings is 3. The van der Waals surface area contributed by atoms with Crippen LogP contribution in [0.25, 0.3) is 0 Å². The average molecular weight is 304 g/mol. The molecule has 3 heteroatoms. The molecule has 0 spiro atoms. The van der Waals surface area contributed by atoms with Crippen molar-refractivity contribution in [2.75, 3.05) is 5.43 Å². The van der Waals surface area contributed by atoms with E-state index in [1.54, 1.807) is 11.8 Å². The molecule has 0 aliphatic heterocycles. The van der Waals surface area contributed by atoms with Gasteiger partial charge in [-0.3, -0.25) is 5.43 Å². The van der Waals surface area contributed by atoms with Crippen LogP contribution in [0.2, 0.25) is 0 Å². The Balaban J connectivity index is 1.86. The minimum absolute atomic E-state index is 0.940. The largest absolute Gasteiger partial charge is 0.277 e. The molecule has 3 aromatic rings. The molecule has 3 aromatic carbocycles. The second-order valence-electron chi connectivity index (χ2n) is 4.68. The number of para-hydroxylation sites is 1. The third-order valence-corrected chi connectivity index (χ3v) is 4.07. The number of hydrogen-bond acceptors (Lipinski definition) is 3. The molecule has 2 nitrogen and oxygen atoms in total. The summed E-state index contributed by atoms with van der Waals surface area (Å²) in [6.45, 7) is 0. The standard InChI is InChI=1S/C19H16N2S/c1-4-10-16(11-5-1)19(22-18-14-8-3-9-15-18)21-20-17-12-6-2-7-13-17/h1-15,20H. The van der Waals surface area contributed by atoms with Gasteiger partial charge in [-0.05, 0) is 24.3 Å². The second-order valence-corrected chi connectivity index (χ2v) is 5.74. The highest BCUT2D eigenvalue weighted by molar-refractivity contribution is 8.14. The maximum absolute atomic E-state index is 4.59. The Morgan fingerprint density at radius 2 is 1.23 bits per heavy atom. The van der Waals surface area contributed by atoms with Crippen molar-refractivity contribution in [1.82, 2.24) is 0 Å². The lowest BCUT2D eigenvalue weighted by atomic mass is 10.2. The van der Waals surface area contributed by atoms with Gasteiger partial charge in [0.25, 0.3) is 0 Å². The molecule has 0 fully saturated rings. The van der Waals surface area contributed by atoms with E-state index >= 15 is 0 Å². The van der Waals surface area contributed by atoms with E-state index in [4.69, 9.17) is 0 Å². The number of rotatable bonds is 4. The zero-order valence-corrected chi connectivity index (χ0v) is 12.8. The first-order valence-corrected chi connectivity index (χ1v) is 7.90. The summed E-state index contributed by atoms with van der Waals surface area (Å²) >= 11 is 1.65. The molecule has 0 saturated heterocycles. The molecule has 0 aromatic heterocycles. The van der Waals surface area contributed by atoms with Crippen LogP contribution in [0.1, 0.15) is 5.56 Å². The Labute approximate surface area is 134 Å². The molecule has 0 bridgehead atoms. The molecular formula is C19H16N2S. The van der Waals surface area contributed by atoms with Crippen LogP contribution in [-0.2, 0) is 0 Å². The zero-order valence-electron chi connectivity index (χ0n) is 12.0. The molecule has 0 radical (unpaired) electrons. The number of thioether (sulfide) groups is 1. The fourth-order valence-corrected chi connectivity index (χ4v) is 2.82. The van der Waals surface area contributed by atoms with Crippen LogP contribution in [0.5, 0.6) is 0 Å². The van der Waals surface area contributed by atoms with Crippen molar-refractivity contribution >= 4 is 22.5 Å². The Morgan fingerprint density at radius 1 is 0.682 bits per heavy atom. The predicted molar refractivity (Wildman–Crippen MR) is 95.3 cm³/mol. The SMILES string of the molecule is c1ccc(NN=C(Sc2ccccc2)c2ccccc2)cc1. The van der Waals surface area contributed by atoms with E-state index in [2.05, 4.69) is 34.8 Å². The molecule has 1 N–H and O–H groups in total. The number of nitrogens with zero attached hydrogens (tertiary/aromatic N) is 1. The fraction of sp³-hybridized carbons (Fsp3) is 0. The third-order valence-electron chi connectivity index (χ3n) is 3.04. The van der Waals surface area contributed by atoms with Crippen molar-refractivity contribution in [3.63, 3.8) is 0 Å². The van der Waals surface area contributed by atoms with E-state index in [0.717, 1.165) is 16.3 Å². The monoisotopic (exact) mass is 304 g/mol. The van der Waals surface area contributed by atoms with E-state index in [-0.39, 0.29) is 0 Å². The molecule has 22 heavy (non-hydrogen) atoms. The summed E-state index contributed by atoms with van der Waals surface area (Å²) in [6.07, 6.45) is 0. The molecule has 0 saturated carbocycles. The Bertz CT molecular complexity index is 725. The van der Waals surface area contributed by atoms with Crippen molar-refractivity contribution < 1.29 is 0 Å². The van der Waals surface area contributed by atoms with Crippen molar-refractivity contribution in [2.45, 2.75) is 4.90 Å². The van der Waals surface area contributed by atoms with E-state index in [0.29, 0.717) is 0 Å². The van der Waals surface area contributed by atoms with E-state index in [1.807, 2.05) is 66.7 Å². The van der Waals surface area contributed by atoms with E-state index < -0.39 is 0 Å². The maximum Gasteiger partial charge on any atom is 0.128 e. The summed E-state index contributed by atoms with van der Waals surface area (Å²) in [7, 11) is 0. The Hall–Kier alpha value is -2.52. The molecule has 0 atom stereocenters. The van der Waals surface area contributed by atoms with Gasteiger partial charge in [-0.25, -0.2) is 0 Å². The summed E-state index contributed by atoms with van der Waals surface area (Å²) in [5.41, 5.74) is 5.20. The summed E-state index contributed by atoms with van der Waals surface area (Å²) < 4.78 is 0. The first-order valence-electron chi connectivity index (χ1n) is 7.09. The van der Waals surface area contributed by atoms with Gasteiger partial charge in [0, 0.05) is 10.5 Å². The summed E-state index contributed by atoms with van der Waals surface area (Å²) in [6, 6.07) is 30.5. The molecule has 3 rings (SSSR count). The Morgan fingerprint density at radius 3 is 1.86 bits per heavy atom. The van der Waals surface area contributed by atoms with Crippen LogP contribution in [0, 0.1) is 0 Å². The Kier molecular flexibility index (Phi) is 4.90. The lowest BCUT2D eigenvalue weighted by Crippen LogP contribution is -2.00. The van der Waals surface area contributed by atoms with E-state index in [1.165, 1.54) is 4.90 Å². The van der Waals surface area contributed by atoms with Crippen LogP contribution in [0.4, 0.5) is 5.69 Å². The smallest absolute Gasteiger partial charge is 0.128 e. The van der Waals surface area contributed by atoms with Gasteiger partial charge in [0.2, 0.25) is 0 Å². The minimum atomic E-state index is 0.940. The predicted octanol–water partition coefficient (Wildman–Crippen LogP) is 5.25. The quantitative estimate of drug-likeness (QED) is 0.308. The van der Waals surface area contributed by atoms with Gasteiger partial charge in [0.15, 0.2) is 0 Å². The normalized spacial score (nSPS) is 11.2. The van der Waals surface area contributed by atoms with Crippen LogP contribution in [0.15, 0.2) is 101 Å². The molecule has 0 aliphatic rings. The van der Waals surface area contributed by atoms with Crippen molar-refractivity contribution in [2.24, 2.45) is 5.10 Å².